The average Bonchev–Trinajstić information content (AvgIpc) is 2.71. The first kappa shape index (κ1) is 21.2. The summed E-state index contributed by atoms with van der Waals surface area (Å²) in [5, 5.41) is 0.647. The van der Waals surface area contributed by atoms with E-state index in [1.165, 1.54) is 24.3 Å². The summed E-state index contributed by atoms with van der Waals surface area (Å²) in [6, 6.07) is 7.22. The Morgan fingerprint density at radius 3 is 2.13 bits per heavy atom. The minimum atomic E-state index is -1.28. The lowest BCUT2D eigenvalue weighted by Crippen LogP contribution is -2.68. The van der Waals surface area contributed by atoms with Gasteiger partial charge in [-0.15, -0.1) is 0 Å². The number of hydroxylamine groups is 2. The summed E-state index contributed by atoms with van der Waals surface area (Å²) < 4.78 is 42.2. The van der Waals surface area contributed by atoms with Gasteiger partial charge in [0.25, 0.3) is 0 Å². The van der Waals surface area contributed by atoms with E-state index in [1.807, 2.05) is 0 Å². The van der Waals surface area contributed by atoms with E-state index in [0.29, 0.717) is 5.06 Å². The fraction of sp³-hybridized carbons (Fsp3) is 0.250. The van der Waals surface area contributed by atoms with Crippen molar-refractivity contribution in [2.24, 2.45) is 0 Å². The lowest BCUT2D eigenvalue weighted by molar-refractivity contribution is -0.189. The van der Waals surface area contributed by atoms with Gasteiger partial charge in [-0.3, -0.25) is 14.4 Å². The van der Waals surface area contributed by atoms with E-state index in [1.54, 1.807) is 6.92 Å². The van der Waals surface area contributed by atoms with Crippen molar-refractivity contribution in [1.82, 2.24) is 5.06 Å². The van der Waals surface area contributed by atoms with Crippen LogP contribution >= 0.6 is 0 Å². The van der Waals surface area contributed by atoms with E-state index < -0.39 is 41.4 Å². The number of Topliss-reactive ketones (excluding diaryl/α,β-unsaturated/α-hetero) is 2. The second kappa shape index (κ2) is 8.87. The molecule has 0 radical (unpaired) electrons. The van der Waals surface area contributed by atoms with Gasteiger partial charge in [0.2, 0.25) is 11.6 Å². The third-order valence-corrected chi connectivity index (χ3v) is 4.11. The van der Waals surface area contributed by atoms with Crippen LogP contribution in [0.4, 0.5) is 13.6 Å². The molecular formula is C20H17F2NO7. The van der Waals surface area contributed by atoms with Crippen LogP contribution < -0.4 is 9.47 Å². The van der Waals surface area contributed by atoms with Crippen molar-refractivity contribution < 1.29 is 42.2 Å². The summed E-state index contributed by atoms with van der Waals surface area (Å²) in [4.78, 5) is 40.7. The summed E-state index contributed by atoms with van der Waals surface area (Å²) in [5.74, 6) is -2.81. The van der Waals surface area contributed by atoms with Crippen molar-refractivity contribution in [3.8, 4) is 17.2 Å². The number of hydrogen-bond donors (Lipinski definition) is 0. The molecule has 3 rings (SSSR count). The number of carbonyl (C=O) groups excluding carboxylic acids is 3. The summed E-state index contributed by atoms with van der Waals surface area (Å²) in [7, 11) is 1.16. The van der Waals surface area contributed by atoms with E-state index in [-0.39, 0.29) is 23.9 Å². The quantitative estimate of drug-likeness (QED) is 0.501. The van der Waals surface area contributed by atoms with Crippen molar-refractivity contribution in [3.05, 3.63) is 54.1 Å². The maximum Gasteiger partial charge on any atom is 0.434 e. The van der Waals surface area contributed by atoms with Crippen LogP contribution in [0.1, 0.15) is 6.92 Å². The molecule has 0 spiro atoms. The number of carbonyl (C=O) groups is 3. The van der Waals surface area contributed by atoms with Gasteiger partial charge in [0.05, 0.1) is 13.7 Å². The van der Waals surface area contributed by atoms with Crippen molar-refractivity contribution in [2.45, 2.75) is 19.1 Å². The zero-order valence-corrected chi connectivity index (χ0v) is 16.0. The monoisotopic (exact) mass is 421 g/mol. The molecule has 1 amide bonds. The molecule has 0 N–H and O–H groups in total. The van der Waals surface area contributed by atoms with E-state index in [2.05, 4.69) is 0 Å². The number of ether oxygens (including phenoxy) is 3. The Kier molecular flexibility index (Phi) is 6.26. The molecule has 8 nitrogen and oxygen atoms in total. The van der Waals surface area contributed by atoms with Gasteiger partial charge in [-0.05, 0) is 31.2 Å². The molecule has 158 valence electrons. The molecule has 1 saturated carbocycles. The van der Waals surface area contributed by atoms with Crippen molar-refractivity contribution >= 4 is 17.7 Å². The predicted octanol–water partition coefficient (Wildman–Crippen LogP) is 3.04. The Hall–Kier alpha value is -3.53. The number of rotatable bonds is 7. The first-order valence-corrected chi connectivity index (χ1v) is 8.83. The van der Waals surface area contributed by atoms with Crippen molar-refractivity contribution in [2.75, 3.05) is 13.7 Å². The molecule has 2 unspecified atom stereocenters. The van der Waals surface area contributed by atoms with Gasteiger partial charge in [-0.25, -0.2) is 13.6 Å². The molecule has 1 aliphatic rings. The van der Waals surface area contributed by atoms with E-state index in [4.69, 9.17) is 19.0 Å². The molecule has 1 fully saturated rings. The number of nitrogens with zero attached hydrogens (tertiary/aromatic N) is 1. The third kappa shape index (κ3) is 4.38. The maximum atomic E-state index is 13.2. The highest BCUT2D eigenvalue weighted by Crippen LogP contribution is 2.29. The van der Waals surface area contributed by atoms with Crippen LogP contribution in [-0.4, -0.2) is 48.6 Å². The third-order valence-electron chi connectivity index (χ3n) is 4.11. The Labute approximate surface area is 169 Å². The van der Waals surface area contributed by atoms with Crippen molar-refractivity contribution in [1.29, 1.82) is 0 Å². The molecule has 0 aromatic heterocycles. The summed E-state index contributed by atoms with van der Waals surface area (Å²) >= 11 is 0. The van der Waals surface area contributed by atoms with Gasteiger partial charge in [0.15, 0.2) is 12.1 Å². The molecule has 0 bridgehead atoms. The van der Waals surface area contributed by atoms with Crippen LogP contribution in [0.2, 0.25) is 0 Å². The van der Waals surface area contributed by atoms with Crippen LogP contribution in [0, 0.1) is 11.6 Å². The van der Waals surface area contributed by atoms with Gasteiger partial charge >= 0.3 is 6.09 Å². The second-order valence-corrected chi connectivity index (χ2v) is 6.10. The Bertz CT molecular complexity index is 944. The zero-order chi connectivity index (χ0) is 21.8. The molecule has 0 saturated heterocycles. The average molecular weight is 421 g/mol. The SMILES string of the molecule is CCOC(=O)N(OC)C1C(=O)C(=O)C1Oc1ccc(Oc2cc(F)cc(F)c2)cc1. The molecule has 30 heavy (non-hydrogen) atoms. The lowest BCUT2D eigenvalue weighted by atomic mass is 9.85. The van der Waals surface area contributed by atoms with Crippen molar-refractivity contribution in [3.63, 3.8) is 0 Å². The van der Waals surface area contributed by atoms with Crippen LogP contribution in [0.25, 0.3) is 0 Å². The molecular weight excluding hydrogens is 404 g/mol. The van der Waals surface area contributed by atoms with Crippen LogP contribution in [0.5, 0.6) is 17.2 Å². The fourth-order valence-corrected chi connectivity index (χ4v) is 2.76. The number of ketones is 2. The molecule has 0 heterocycles. The molecule has 0 aliphatic heterocycles. The predicted molar refractivity (Wildman–Crippen MR) is 97.0 cm³/mol. The van der Waals surface area contributed by atoms with E-state index in [0.717, 1.165) is 25.3 Å². The number of amides is 1. The lowest BCUT2D eigenvalue weighted by Gasteiger charge is -2.38. The van der Waals surface area contributed by atoms with E-state index in [9.17, 15) is 23.2 Å². The zero-order valence-electron chi connectivity index (χ0n) is 16.0. The maximum absolute atomic E-state index is 13.2. The summed E-state index contributed by atoms with van der Waals surface area (Å²) in [6.45, 7) is 1.63. The van der Waals surface area contributed by atoms with Crippen LogP contribution in [0.3, 0.4) is 0 Å². The summed E-state index contributed by atoms with van der Waals surface area (Å²) in [5.41, 5.74) is 0. The normalized spacial score (nSPS) is 17.9. The number of halogens is 2. The molecule has 2 aromatic rings. The van der Waals surface area contributed by atoms with Crippen LogP contribution in [-0.2, 0) is 19.2 Å². The smallest absolute Gasteiger partial charge is 0.434 e. The van der Waals surface area contributed by atoms with E-state index >= 15 is 0 Å². The highest BCUT2D eigenvalue weighted by molar-refractivity contribution is 6.48. The Morgan fingerprint density at radius 2 is 1.57 bits per heavy atom. The number of hydrogen-bond acceptors (Lipinski definition) is 7. The fourth-order valence-electron chi connectivity index (χ4n) is 2.76. The Balaban J connectivity index is 1.69. The number of benzene rings is 2. The molecule has 2 aromatic carbocycles. The minimum absolute atomic E-state index is 0.0360. The standard InChI is InChI=1S/C20H17F2NO7/c1-3-28-20(26)23(27-2)16-17(24)18(25)19(16)30-14-6-4-13(5-7-14)29-15-9-11(21)8-12(22)10-15/h4-10,16,19H,3H2,1-2H3. The minimum Gasteiger partial charge on any atom is -0.479 e. The topological polar surface area (TPSA) is 91.4 Å². The molecule has 10 heteroatoms. The largest absolute Gasteiger partial charge is 0.479 e. The second-order valence-electron chi connectivity index (χ2n) is 6.10. The van der Waals surface area contributed by atoms with Gasteiger partial charge in [0, 0.05) is 18.2 Å². The van der Waals surface area contributed by atoms with Gasteiger partial charge in [-0.1, -0.05) is 0 Å². The molecule has 2 atom stereocenters. The van der Waals surface area contributed by atoms with Gasteiger partial charge in [-0.2, -0.15) is 5.06 Å². The highest BCUT2D eigenvalue weighted by atomic mass is 19.1. The summed E-state index contributed by atoms with van der Waals surface area (Å²) in [6.07, 6.45) is -2.20. The molecule has 1 aliphatic carbocycles. The Morgan fingerprint density at radius 1 is 0.967 bits per heavy atom. The van der Waals surface area contributed by atoms with Gasteiger partial charge < -0.3 is 14.2 Å². The van der Waals surface area contributed by atoms with Gasteiger partial charge in [0.1, 0.15) is 28.9 Å². The highest BCUT2D eigenvalue weighted by Gasteiger charge is 2.57. The van der Waals surface area contributed by atoms with Crippen LogP contribution in [0.15, 0.2) is 42.5 Å². The first-order valence-electron chi connectivity index (χ1n) is 8.83. The first-order chi connectivity index (χ1) is 14.3.